The average molecular weight is 326 g/mol. The van der Waals surface area contributed by atoms with Crippen LogP contribution in [0.4, 0.5) is 0 Å². The molecule has 1 aromatic rings. The van der Waals surface area contributed by atoms with Crippen molar-refractivity contribution in [1.82, 2.24) is 4.90 Å². The maximum Gasteiger partial charge on any atom is 0.119 e. The van der Waals surface area contributed by atoms with E-state index in [0.717, 1.165) is 48.4 Å². The van der Waals surface area contributed by atoms with E-state index in [1.165, 1.54) is 18.7 Å². The van der Waals surface area contributed by atoms with Crippen molar-refractivity contribution in [2.24, 2.45) is 11.8 Å². The molecule has 2 saturated heterocycles. The van der Waals surface area contributed by atoms with Gasteiger partial charge in [0.25, 0.3) is 0 Å². The molecule has 0 aliphatic carbocycles. The lowest BCUT2D eigenvalue weighted by molar-refractivity contribution is 0.147. The first-order valence-electron chi connectivity index (χ1n) is 6.91. The smallest absolute Gasteiger partial charge is 0.119 e. The predicted molar refractivity (Wildman–Crippen MR) is 78.6 cm³/mol. The van der Waals surface area contributed by atoms with Crippen LogP contribution in [0.15, 0.2) is 22.7 Å². The van der Waals surface area contributed by atoms with Crippen LogP contribution in [0.3, 0.4) is 0 Å². The Morgan fingerprint density at radius 1 is 1.32 bits per heavy atom. The molecular formula is C15H20BrNO2. The van der Waals surface area contributed by atoms with Crippen LogP contribution in [-0.4, -0.2) is 44.4 Å². The molecule has 0 radical (unpaired) electrons. The van der Waals surface area contributed by atoms with Gasteiger partial charge in [0.15, 0.2) is 0 Å². The van der Waals surface area contributed by atoms with Crippen LogP contribution in [0.5, 0.6) is 5.75 Å². The highest BCUT2D eigenvalue weighted by molar-refractivity contribution is 9.10. The number of hydrogen-bond donors (Lipinski definition) is 0. The van der Waals surface area contributed by atoms with E-state index in [-0.39, 0.29) is 0 Å². The minimum atomic E-state index is 0.759. The number of hydrogen-bond acceptors (Lipinski definition) is 3. The number of ether oxygens (including phenoxy) is 2. The minimum Gasteiger partial charge on any atom is -0.492 e. The molecule has 0 unspecified atom stereocenters. The van der Waals surface area contributed by atoms with Crippen molar-refractivity contribution in [2.45, 2.75) is 6.92 Å². The summed E-state index contributed by atoms with van der Waals surface area (Å²) in [5.74, 6) is 2.48. The van der Waals surface area contributed by atoms with Crippen LogP contribution >= 0.6 is 15.9 Å². The third-order valence-electron chi connectivity index (χ3n) is 4.12. The number of likely N-dealkylation sites (tertiary alicyclic amines) is 1. The van der Waals surface area contributed by atoms with E-state index in [4.69, 9.17) is 9.47 Å². The number of benzene rings is 1. The molecule has 2 aliphatic heterocycles. The Hall–Kier alpha value is -0.580. The molecule has 2 heterocycles. The van der Waals surface area contributed by atoms with E-state index in [9.17, 15) is 0 Å². The maximum absolute atomic E-state index is 5.83. The molecular weight excluding hydrogens is 306 g/mol. The SMILES string of the molecule is Cc1cc(OCCN2C[C@H]3COC[C@H]3C2)ccc1Br. The molecule has 3 rings (SSSR count). The number of fused-ring (bicyclic) bond motifs is 1. The summed E-state index contributed by atoms with van der Waals surface area (Å²) < 4.78 is 12.5. The molecule has 0 saturated carbocycles. The van der Waals surface area contributed by atoms with Gasteiger partial charge in [-0.2, -0.15) is 0 Å². The molecule has 2 atom stereocenters. The number of nitrogens with zero attached hydrogens (tertiary/aromatic N) is 1. The fourth-order valence-electron chi connectivity index (χ4n) is 2.97. The first-order valence-corrected chi connectivity index (χ1v) is 7.71. The van der Waals surface area contributed by atoms with Gasteiger partial charge in [-0.15, -0.1) is 0 Å². The summed E-state index contributed by atoms with van der Waals surface area (Å²) in [6.07, 6.45) is 0. The zero-order chi connectivity index (χ0) is 13.2. The van der Waals surface area contributed by atoms with Crippen molar-refractivity contribution < 1.29 is 9.47 Å². The summed E-state index contributed by atoms with van der Waals surface area (Å²) >= 11 is 3.50. The van der Waals surface area contributed by atoms with E-state index < -0.39 is 0 Å². The first kappa shape index (κ1) is 13.4. The summed E-state index contributed by atoms with van der Waals surface area (Å²) in [7, 11) is 0. The maximum atomic E-state index is 5.83. The van der Waals surface area contributed by atoms with E-state index in [1.807, 2.05) is 12.1 Å². The molecule has 3 nitrogen and oxygen atoms in total. The Labute approximate surface area is 123 Å². The van der Waals surface area contributed by atoms with Crippen molar-refractivity contribution in [3.05, 3.63) is 28.2 Å². The van der Waals surface area contributed by atoms with Gasteiger partial charge in [-0.1, -0.05) is 15.9 Å². The van der Waals surface area contributed by atoms with Crippen LogP contribution in [0.1, 0.15) is 5.56 Å². The lowest BCUT2D eigenvalue weighted by atomic mass is 10.0. The quantitative estimate of drug-likeness (QED) is 0.849. The summed E-state index contributed by atoms with van der Waals surface area (Å²) in [5.41, 5.74) is 1.21. The van der Waals surface area contributed by atoms with Crippen LogP contribution in [-0.2, 0) is 4.74 Å². The monoisotopic (exact) mass is 325 g/mol. The predicted octanol–water partition coefficient (Wildman–Crippen LogP) is 2.71. The molecule has 19 heavy (non-hydrogen) atoms. The Balaban J connectivity index is 1.44. The standard InChI is InChI=1S/C15H20BrNO2/c1-11-6-14(2-3-15(11)16)19-5-4-17-7-12-9-18-10-13(12)8-17/h2-3,6,12-13H,4-5,7-10H2,1H3/t12-,13+. The number of halogens is 1. The lowest BCUT2D eigenvalue weighted by Gasteiger charge is -2.17. The Morgan fingerprint density at radius 3 is 2.74 bits per heavy atom. The van der Waals surface area contributed by atoms with Crippen LogP contribution in [0, 0.1) is 18.8 Å². The normalized spacial score (nSPS) is 26.6. The molecule has 0 spiro atoms. The van der Waals surface area contributed by atoms with Gasteiger partial charge in [-0.3, -0.25) is 4.90 Å². The molecule has 0 N–H and O–H groups in total. The fourth-order valence-corrected chi connectivity index (χ4v) is 3.21. The fraction of sp³-hybridized carbons (Fsp3) is 0.600. The molecule has 104 valence electrons. The number of aryl methyl sites for hydroxylation is 1. The van der Waals surface area contributed by atoms with Crippen LogP contribution < -0.4 is 4.74 Å². The summed E-state index contributed by atoms with van der Waals surface area (Å²) in [6.45, 7) is 8.12. The third-order valence-corrected chi connectivity index (χ3v) is 5.01. The lowest BCUT2D eigenvalue weighted by Crippen LogP contribution is -2.27. The second-order valence-electron chi connectivity index (χ2n) is 5.58. The van der Waals surface area contributed by atoms with Gasteiger partial charge in [-0.05, 0) is 30.7 Å². The largest absolute Gasteiger partial charge is 0.492 e. The molecule has 4 heteroatoms. The summed E-state index contributed by atoms with van der Waals surface area (Å²) in [6, 6.07) is 6.14. The van der Waals surface area contributed by atoms with Gasteiger partial charge in [0.05, 0.1) is 13.2 Å². The molecule has 2 fully saturated rings. The van der Waals surface area contributed by atoms with Gasteiger partial charge < -0.3 is 9.47 Å². The van der Waals surface area contributed by atoms with Crippen molar-refractivity contribution in [2.75, 3.05) is 39.5 Å². The summed E-state index contributed by atoms with van der Waals surface area (Å²) in [4.78, 5) is 2.50. The van der Waals surface area contributed by atoms with Gasteiger partial charge in [0.2, 0.25) is 0 Å². The van der Waals surface area contributed by atoms with Crippen molar-refractivity contribution in [3.63, 3.8) is 0 Å². The molecule has 0 aromatic heterocycles. The van der Waals surface area contributed by atoms with Gasteiger partial charge >= 0.3 is 0 Å². The van der Waals surface area contributed by atoms with Crippen molar-refractivity contribution in [3.8, 4) is 5.75 Å². The molecule has 2 aliphatic rings. The Kier molecular flexibility index (Phi) is 4.10. The van der Waals surface area contributed by atoms with Crippen molar-refractivity contribution in [1.29, 1.82) is 0 Å². The zero-order valence-corrected chi connectivity index (χ0v) is 12.9. The minimum absolute atomic E-state index is 0.759. The second kappa shape index (κ2) is 5.81. The van der Waals surface area contributed by atoms with Crippen LogP contribution in [0.2, 0.25) is 0 Å². The van der Waals surface area contributed by atoms with E-state index in [2.05, 4.69) is 33.8 Å². The summed E-state index contributed by atoms with van der Waals surface area (Å²) in [5, 5.41) is 0. The van der Waals surface area contributed by atoms with Gasteiger partial charge in [-0.25, -0.2) is 0 Å². The zero-order valence-electron chi connectivity index (χ0n) is 11.3. The average Bonchev–Trinajstić information content (AvgIpc) is 2.94. The molecule has 0 amide bonds. The Bertz CT molecular complexity index is 440. The molecule has 1 aromatic carbocycles. The Morgan fingerprint density at radius 2 is 2.05 bits per heavy atom. The second-order valence-corrected chi connectivity index (χ2v) is 6.43. The van der Waals surface area contributed by atoms with Crippen LogP contribution in [0.25, 0.3) is 0 Å². The topological polar surface area (TPSA) is 21.7 Å². The van der Waals surface area contributed by atoms with E-state index in [0.29, 0.717) is 0 Å². The highest BCUT2D eigenvalue weighted by atomic mass is 79.9. The highest BCUT2D eigenvalue weighted by Crippen LogP contribution is 2.28. The number of rotatable bonds is 4. The third kappa shape index (κ3) is 3.12. The molecule has 0 bridgehead atoms. The van der Waals surface area contributed by atoms with Gasteiger partial charge in [0.1, 0.15) is 12.4 Å². The van der Waals surface area contributed by atoms with Crippen molar-refractivity contribution >= 4 is 15.9 Å². The van der Waals surface area contributed by atoms with E-state index >= 15 is 0 Å². The highest BCUT2D eigenvalue weighted by Gasteiger charge is 2.36. The first-order chi connectivity index (χ1) is 9.22. The van der Waals surface area contributed by atoms with E-state index in [1.54, 1.807) is 0 Å². The van der Waals surface area contributed by atoms with Gasteiger partial charge in [0, 0.05) is 35.9 Å².